The lowest BCUT2D eigenvalue weighted by Crippen LogP contribution is -2.02. The summed E-state index contributed by atoms with van der Waals surface area (Å²) in [5, 5.41) is 4.84. The van der Waals surface area contributed by atoms with Crippen molar-refractivity contribution in [1.29, 1.82) is 0 Å². The lowest BCUT2D eigenvalue weighted by Gasteiger charge is -2.10. The van der Waals surface area contributed by atoms with Crippen LogP contribution in [0.15, 0.2) is 182 Å². The Morgan fingerprint density at radius 1 is 0.340 bits per heavy atom. The number of aromatic nitrogens is 4. The van der Waals surface area contributed by atoms with E-state index in [1.165, 1.54) is 49.4 Å². The molecule has 0 aliphatic heterocycles. The fraction of sp³-hybridized carbons (Fsp3) is 0. The molecule has 3 heterocycles. The average molecular weight is 639 g/mol. The molecule has 50 heavy (non-hydrogen) atoms. The molecule has 0 saturated carbocycles. The highest BCUT2D eigenvalue weighted by atomic mass is 15.2. The molecule has 0 N–H and O–H groups in total. The third-order valence-corrected chi connectivity index (χ3v) is 9.84. The fourth-order valence-corrected chi connectivity index (χ4v) is 7.45. The first-order valence-electron chi connectivity index (χ1n) is 16.9. The van der Waals surface area contributed by atoms with Crippen LogP contribution in [0.4, 0.5) is 0 Å². The van der Waals surface area contributed by atoms with Gasteiger partial charge in [0.15, 0.2) is 0 Å². The molecular weight excluding hydrogens is 609 g/mol. The van der Waals surface area contributed by atoms with Crippen LogP contribution in [0.1, 0.15) is 0 Å². The van der Waals surface area contributed by atoms with Crippen LogP contribution in [0, 0.1) is 0 Å². The number of hydrogen-bond acceptors (Lipinski definition) is 2. The van der Waals surface area contributed by atoms with Gasteiger partial charge in [-0.15, -0.1) is 0 Å². The monoisotopic (exact) mass is 638 g/mol. The fourth-order valence-electron chi connectivity index (χ4n) is 7.45. The zero-order valence-corrected chi connectivity index (χ0v) is 27.1. The molecule has 4 nitrogen and oxygen atoms in total. The van der Waals surface area contributed by atoms with E-state index in [0.29, 0.717) is 5.95 Å². The van der Waals surface area contributed by atoms with Gasteiger partial charge in [0.05, 0.1) is 27.8 Å². The van der Waals surface area contributed by atoms with Gasteiger partial charge >= 0.3 is 0 Å². The van der Waals surface area contributed by atoms with Crippen molar-refractivity contribution >= 4 is 43.6 Å². The second-order valence-electron chi connectivity index (χ2n) is 12.7. The van der Waals surface area contributed by atoms with Crippen LogP contribution in [0.2, 0.25) is 0 Å². The van der Waals surface area contributed by atoms with Crippen molar-refractivity contribution in [3.63, 3.8) is 0 Å². The second kappa shape index (κ2) is 11.4. The van der Waals surface area contributed by atoms with E-state index in [4.69, 9.17) is 9.97 Å². The van der Waals surface area contributed by atoms with Crippen molar-refractivity contribution in [2.45, 2.75) is 0 Å². The molecule has 0 aliphatic carbocycles. The Morgan fingerprint density at radius 2 is 0.800 bits per heavy atom. The zero-order valence-electron chi connectivity index (χ0n) is 27.1. The number of nitrogens with zero attached hydrogens (tertiary/aromatic N) is 4. The topological polar surface area (TPSA) is 35.6 Å². The van der Waals surface area contributed by atoms with E-state index in [-0.39, 0.29) is 0 Å². The van der Waals surface area contributed by atoms with Crippen molar-refractivity contribution in [3.8, 4) is 45.1 Å². The van der Waals surface area contributed by atoms with E-state index in [0.717, 1.165) is 33.4 Å². The Bertz CT molecular complexity index is 2790. The van der Waals surface area contributed by atoms with E-state index < -0.39 is 0 Å². The minimum absolute atomic E-state index is 0.652. The summed E-state index contributed by atoms with van der Waals surface area (Å²) in [4.78, 5) is 9.94. The average Bonchev–Trinajstić information content (AvgIpc) is 3.71. The van der Waals surface area contributed by atoms with Gasteiger partial charge in [-0.1, -0.05) is 133 Å². The SMILES string of the molecule is c1ccc(-c2ccc(-c3ccc(-c4ccnc(-n5c6ccccc6c6cc(-n7c8ccccc8c8ccccc87)ccc65)n4)cc3)cc2)cc1. The highest BCUT2D eigenvalue weighted by molar-refractivity contribution is 6.12. The molecule has 3 aromatic heterocycles. The first-order valence-corrected chi connectivity index (χ1v) is 16.9. The molecule has 0 unspecified atom stereocenters. The van der Waals surface area contributed by atoms with Crippen molar-refractivity contribution in [3.05, 3.63) is 182 Å². The largest absolute Gasteiger partial charge is 0.309 e. The molecular formula is C46H30N4. The van der Waals surface area contributed by atoms with Gasteiger partial charge < -0.3 is 4.57 Å². The summed E-state index contributed by atoms with van der Waals surface area (Å²) in [5.41, 5.74) is 12.4. The zero-order chi connectivity index (χ0) is 33.0. The van der Waals surface area contributed by atoms with Gasteiger partial charge in [0.1, 0.15) is 0 Å². The van der Waals surface area contributed by atoms with Gasteiger partial charge in [-0.2, -0.15) is 0 Å². The van der Waals surface area contributed by atoms with Crippen LogP contribution in [0.25, 0.3) is 88.8 Å². The van der Waals surface area contributed by atoms with Gasteiger partial charge in [-0.3, -0.25) is 4.57 Å². The Labute approximate surface area is 289 Å². The standard InChI is InChI=1S/C46H30N4/c1-2-10-31(11-3-1)32-18-20-33(21-19-32)34-22-24-35(25-23-34)41-28-29-47-46(48-41)50-44-17-9-6-14-39(44)40-30-36(26-27-45(40)50)49-42-15-7-4-12-37(42)38-13-5-8-16-43(38)49/h1-30H. The molecule has 0 saturated heterocycles. The molecule has 0 atom stereocenters. The van der Waals surface area contributed by atoms with Gasteiger partial charge in [0, 0.05) is 39.0 Å². The van der Waals surface area contributed by atoms with Crippen LogP contribution in [-0.4, -0.2) is 19.1 Å². The van der Waals surface area contributed by atoms with Crippen molar-refractivity contribution < 1.29 is 0 Å². The molecule has 0 radical (unpaired) electrons. The number of rotatable bonds is 5. The minimum Gasteiger partial charge on any atom is -0.309 e. The number of benzene rings is 7. The molecule has 10 aromatic rings. The van der Waals surface area contributed by atoms with Gasteiger partial charge in [-0.05, 0) is 64.7 Å². The van der Waals surface area contributed by atoms with Gasteiger partial charge in [0.2, 0.25) is 5.95 Å². The quantitative estimate of drug-likeness (QED) is 0.188. The normalized spacial score (nSPS) is 11.6. The van der Waals surface area contributed by atoms with E-state index in [1.54, 1.807) is 0 Å². The molecule has 0 aliphatic rings. The minimum atomic E-state index is 0.652. The molecule has 7 aromatic carbocycles. The lowest BCUT2D eigenvalue weighted by atomic mass is 9.99. The molecule has 0 spiro atoms. The summed E-state index contributed by atoms with van der Waals surface area (Å²) < 4.78 is 4.56. The summed E-state index contributed by atoms with van der Waals surface area (Å²) in [6.07, 6.45) is 1.86. The summed E-state index contributed by atoms with van der Waals surface area (Å²) in [5.74, 6) is 0.652. The Kier molecular flexibility index (Phi) is 6.46. The maximum absolute atomic E-state index is 5.13. The summed E-state index contributed by atoms with van der Waals surface area (Å²) in [6.45, 7) is 0. The molecule has 0 amide bonds. The smallest absolute Gasteiger partial charge is 0.235 e. The van der Waals surface area contributed by atoms with Gasteiger partial charge in [-0.25, -0.2) is 9.97 Å². The second-order valence-corrected chi connectivity index (χ2v) is 12.7. The predicted molar refractivity (Wildman–Crippen MR) is 207 cm³/mol. The number of para-hydroxylation sites is 3. The van der Waals surface area contributed by atoms with Crippen molar-refractivity contribution in [1.82, 2.24) is 19.1 Å². The molecule has 0 bridgehead atoms. The predicted octanol–water partition coefficient (Wildman–Crippen LogP) is 11.7. The maximum Gasteiger partial charge on any atom is 0.235 e. The molecule has 4 heteroatoms. The first-order chi connectivity index (χ1) is 24.8. The number of hydrogen-bond donors (Lipinski definition) is 0. The Hall–Kier alpha value is -6.78. The summed E-state index contributed by atoms with van der Waals surface area (Å²) in [7, 11) is 0. The first kappa shape index (κ1) is 28.3. The van der Waals surface area contributed by atoms with Crippen molar-refractivity contribution in [2.24, 2.45) is 0 Å². The van der Waals surface area contributed by atoms with E-state index in [1.807, 2.05) is 18.3 Å². The highest BCUT2D eigenvalue weighted by Crippen LogP contribution is 2.36. The Balaban J connectivity index is 1.04. The summed E-state index contributed by atoms with van der Waals surface area (Å²) >= 11 is 0. The molecule has 234 valence electrons. The van der Waals surface area contributed by atoms with Crippen LogP contribution in [-0.2, 0) is 0 Å². The molecule has 10 rings (SSSR count). The Morgan fingerprint density at radius 3 is 1.40 bits per heavy atom. The van der Waals surface area contributed by atoms with Crippen LogP contribution >= 0.6 is 0 Å². The summed E-state index contributed by atoms with van der Waals surface area (Å²) in [6, 6.07) is 62.4. The molecule has 0 fully saturated rings. The number of fused-ring (bicyclic) bond motifs is 6. The maximum atomic E-state index is 5.13. The highest BCUT2D eigenvalue weighted by Gasteiger charge is 2.17. The third kappa shape index (κ3) is 4.54. The van der Waals surface area contributed by atoms with E-state index >= 15 is 0 Å². The lowest BCUT2D eigenvalue weighted by molar-refractivity contribution is 0.992. The van der Waals surface area contributed by atoms with Crippen LogP contribution in [0.3, 0.4) is 0 Å². The third-order valence-electron chi connectivity index (χ3n) is 9.84. The van der Waals surface area contributed by atoms with E-state index in [9.17, 15) is 0 Å². The van der Waals surface area contributed by atoms with Crippen molar-refractivity contribution in [2.75, 3.05) is 0 Å². The van der Waals surface area contributed by atoms with Crippen LogP contribution < -0.4 is 0 Å². The van der Waals surface area contributed by atoms with E-state index in [2.05, 4.69) is 173 Å². The van der Waals surface area contributed by atoms with Crippen LogP contribution in [0.5, 0.6) is 0 Å². The van der Waals surface area contributed by atoms with Gasteiger partial charge in [0.25, 0.3) is 0 Å².